The van der Waals surface area contributed by atoms with Gasteiger partial charge in [0.25, 0.3) is 0 Å². The molecule has 35 heavy (non-hydrogen) atoms. The number of hydrogen-bond donors (Lipinski definition) is 1. The highest BCUT2D eigenvalue weighted by Crippen LogP contribution is 2.61. The van der Waals surface area contributed by atoms with Gasteiger partial charge in [0.1, 0.15) is 5.60 Å². The van der Waals surface area contributed by atoms with E-state index in [0.29, 0.717) is 5.56 Å². The minimum absolute atomic E-state index is 0.460. The molecule has 0 spiro atoms. The minimum atomic E-state index is -8.00. The molecule has 1 atom stereocenters. The van der Waals surface area contributed by atoms with Crippen molar-refractivity contribution in [2.45, 2.75) is 54.7 Å². The van der Waals surface area contributed by atoms with Crippen LogP contribution in [0.15, 0.2) is 54.6 Å². The zero-order valence-electron chi connectivity index (χ0n) is 17.3. The zero-order valence-corrected chi connectivity index (χ0v) is 17.3. The normalized spacial score (nSPS) is 16.2. The molecule has 14 heteroatoms. The van der Waals surface area contributed by atoms with Crippen molar-refractivity contribution in [1.82, 2.24) is 0 Å². The van der Waals surface area contributed by atoms with Crippen molar-refractivity contribution in [3.63, 3.8) is 0 Å². The van der Waals surface area contributed by atoms with Crippen molar-refractivity contribution in [3.05, 3.63) is 71.3 Å². The molecular formula is C21H15F13O. The van der Waals surface area contributed by atoms with E-state index in [4.69, 9.17) is 0 Å². The van der Waals surface area contributed by atoms with Gasteiger partial charge in [-0.2, -0.15) is 57.1 Å². The van der Waals surface area contributed by atoms with E-state index in [2.05, 4.69) is 0 Å². The van der Waals surface area contributed by atoms with Gasteiger partial charge in [0, 0.05) is 0 Å². The summed E-state index contributed by atoms with van der Waals surface area (Å²) in [4.78, 5) is 0. The third-order valence-corrected chi connectivity index (χ3v) is 5.26. The molecule has 0 aromatic heterocycles. The van der Waals surface area contributed by atoms with Crippen LogP contribution in [0.2, 0.25) is 0 Å². The quantitative estimate of drug-likeness (QED) is 0.354. The topological polar surface area (TPSA) is 20.2 Å². The molecule has 0 heterocycles. The molecule has 2 aromatic rings. The summed E-state index contributed by atoms with van der Waals surface area (Å²) in [5.41, 5.74) is -4.06. The molecule has 0 saturated carbocycles. The SMILES string of the molecule is Cc1ccc(C(O)(CC(F)(F)C(F)(F)C(F)(F)C(F)(F)C(F)(F)C(F)(F)F)c2ccccc2)cc1. The Morgan fingerprint density at radius 2 is 0.943 bits per heavy atom. The molecule has 1 N–H and O–H groups in total. The minimum Gasteiger partial charge on any atom is -0.380 e. The van der Waals surface area contributed by atoms with Crippen LogP contribution in [0.1, 0.15) is 23.1 Å². The monoisotopic (exact) mass is 530 g/mol. The Labute approximate surface area is 189 Å². The Hall–Kier alpha value is -2.51. The molecule has 0 aliphatic heterocycles. The van der Waals surface area contributed by atoms with Crippen LogP contribution in [0.4, 0.5) is 57.1 Å². The van der Waals surface area contributed by atoms with Crippen molar-refractivity contribution >= 4 is 0 Å². The highest BCUT2D eigenvalue weighted by molar-refractivity contribution is 5.38. The molecule has 1 unspecified atom stereocenters. The van der Waals surface area contributed by atoms with Crippen molar-refractivity contribution in [2.75, 3.05) is 0 Å². The molecule has 196 valence electrons. The van der Waals surface area contributed by atoms with Gasteiger partial charge in [-0.15, -0.1) is 0 Å². The Bertz CT molecular complexity index is 1010. The van der Waals surface area contributed by atoms with Crippen LogP contribution in [-0.2, 0) is 5.60 Å². The fourth-order valence-electron chi connectivity index (χ4n) is 3.15. The van der Waals surface area contributed by atoms with E-state index in [-0.39, 0.29) is 0 Å². The summed E-state index contributed by atoms with van der Waals surface area (Å²) in [5.74, 6) is -37.7. The van der Waals surface area contributed by atoms with Crippen molar-refractivity contribution in [1.29, 1.82) is 0 Å². The fourth-order valence-corrected chi connectivity index (χ4v) is 3.15. The standard InChI is InChI=1S/C21H15F13O/c1-12-7-9-14(10-8-12)15(35,13-5-3-2-4-6-13)11-16(22,23)17(24,25)18(26,27)19(28,29)20(30,31)21(32,33)34/h2-10,35H,11H2,1H3. The summed E-state index contributed by atoms with van der Waals surface area (Å²) in [6, 6.07) is 9.48. The Morgan fingerprint density at radius 3 is 1.37 bits per heavy atom. The second-order valence-electron chi connectivity index (χ2n) is 7.77. The smallest absolute Gasteiger partial charge is 0.380 e. The molecule has 0 saturated heterocycles. The number of aliphatic hydroxyl groups is 1. The maximum absolute atomic E-state index is 14.6. The van der Waals surface area contributed by atoms with E-state index in [1.807, 2.05) is 0 Å². The first kappa shape index (κ1) is 28.7. The summed E-state index contributed by atoms with van der Waals surface area (Å²) in [6.45, 7) is 1.48. The third kappa shape index (κ3) is 4.45. The van der Waals surface area contributed by atoms with Gasteiger partial charge < -0.3 is 5.11 Å². The Balaban J connectivity index is 2.65. The molecule has 1 nitrogen and oxygen atoms in total. The number of rotatable bonds is 8. The number of halogens is 13. The second-order valence-corrected chi connectivity index (χ2v) is 7.77. The summed E-state index contributed by atoms with van der Waals surface area (Å²) in [7, 11) is 0. The van der Waals surface area contributed by atoms with Crippen LogP contribution in [0.3, 0.4) is 0 Å². The molecule has 0 fully saturated rings. The highest BCUT2D eigenvalue weighted by atomic mass is 19.4. The maximum Gasteiger partial charge on any atom is 0.460 e. The van der Waals surface area contributed by atoms with E-state index in [0.717, 1.165) is 36.4 Å². The number of aryl methyl sites for hydroxylation is 1. The molecule has 0 bridgehead atoms. The first-order chi connectivity index (χ1) is 15.6. The average Bonchev–Trinajstić information content (AvgIpc) is 2.73. The van der Waals surface area contributed by atoms with E-state index < -0.39 is 58.9 Å². The predicted molar refractivity (Wildman–Crippen MR) is 96.0 cm³/mol. The number of benzene rings is 2. The highest BCUT2D eigenvalue weighted by Gasteiger charge is 2.90. The van der Waals surface area contributed by atoms with Gasteiger partial charge in [-0.05, 0) is 18.1 Å². The van der Waals surface area contributed by atoms with Crippen LogP contribution in [0.25, 0.3) is 0 Å². The summed E-state index contributed by atoms with van der Waals surface area (Å²) < 4.78 is 175. The van der Waals surface area contributed by atoms with E-state index in [9.17, 15) is 62.2 Å². The van der Waals surface area contributed by atoms with Gasteiger partial charge in [-0.3, -0.25) is 0 Å². The maximum atomic E-state index is 14.6. The molecule has 0 aliphatic carbocycles. The van der Waals surface area contributed by atoms with Gasteiger partial charge >= 0.3 is 35.8 Å². The largest absolute Gasteiger partial charge is 0.460 e. The van der Waals surface area contributed by atoms with Crippen molar-refractivity contribution in [3.8, 4) is 0 Å². The Kier molecular flexibility index (Phi) is 7.02. The lowest BCUT2D eigenvalue weighted by molar-refractivity contribution is -0.441. The molecular weight excluding hydrogens is 515 g/mol. The van der Waals surface area contributed by atoms with E-state index in [1.165, 1.54) is 25.1 Å². The lowest BCUT2D eigenvalue weighted by Crippen LogP contribution is -2.70. The first-order valence-corrected chi connectivity index (χ1v) is 9.37. The molecule has 2 aromatic carbocycles. The zero-order chi connectivity index (χ0) is 27.3. The molecule has 0 amide bonds. The van der Waals surface area contributed by atoms with Crippen molar-refractivity contribution in [2.24, 2.45) is 0 Å². The summed E-state index contributed by atoms with van der Waals surface area (Å²) in [6.07, 6.45) is -10.3. The van der Waals surface area contributed by atoms with Gasteiger partial charge in [-0.1, -0.05) is 60.2 Å². The third-order valence-electron chi connectivity index (χ3n) is 5.26. The average molecular weight is 530 g/mol. The van der Waals surface area contributed by atoms with Gasteiger partial charge in [0.2, 0.25) is 0 Å². The molecule has 0 aliphatic rings. The number of hydrogen-bond acceptors (Lipinski definition) is 1. The second kappa shape index (κ2) is 8.56. The summed E-state index contributed by atoms with van der Waals surface area (Å²) in [5, 5.41) is 10.9. The van der Waals surface area contributed by atoms with Gasteiger partial charge in [0.15, 0.2) is 0 Å². The van der Waals surface area contributed by atoms with Crippen molar-refractivity contribution < 1.29 is 62.2 Å². The molecule has 2 rings (SSSR count). The van der Waals surface area contributed by atoms with Crippen LogP contribution in [0, 0.1) is 6.92 Å². The van der Waals surface area contributed by atoms with Crippen LogP contribution in [-0.4, -0.2) is 40.9 Å². The van der Waals surface area contributed by atoms with Gasteiger partial charge in [0.05, 0.1) is 6.42 Å². The number of alkyl halides is 13. The first-order valence-electron chi connectivity index (χ1n) is 9.37. The molecule has 0 radical (unpaired) electrons. The summed E-state index contributed by atoms with van der Waals surface area (Å²) >= 11 is 0. The van der Waals surface area contributed by atoms with Crippen LogP contribution in [0.5, 0.6) is 0 Å². The van der Waals surface area contributed by atoms with Crippen LogP contribution < -0.4 is 0 Å². The lowest BCUT2D eigenvalue weighted by Gasteiger charge is -2.42. The Morgan fingerprint density at radius 1 is 0.543 bits per heavy atom. The predicted octanol–water partition coefficient (Wildman–Crippen LogP) is 7.36. The van der Waals surface area contributed by atoms with Gasteiger partial charge in [-0.25, -0.2) is 0 Å². The fraction of sp³-hybridized carbons (Fsp3) is 0.429. The van der Waals surface area contributed by atoms with Crippen LogP contribution >= 0.6 is 0 Å². The van der Waals surface area contributed by atoms with E-state index >= 15 is 0 Å². The lowest BCUT2D eigenvalue weighted by atomic mass is 9.78. The van der Waals surface area contributed by atoms with E-state index in [1.54, 1.807) is 0 Å².